The van der Waals surface area contributed by atoms with E-state index < -0.39 is 5.60 Å². The van der Waals surface area contributed by atoms with Gasteiger partial charge in [-0.1, -0.05) is 36.2 Å². The van der Waals surface area contributed by atoms with Crippen LogP contribution in [0.2, 0.25) is 5.02 Å². The van der Waals surface area contributed by atoms with Gasteiger partial charge in [0, 0.05) is 10.4 Å². The van der Waals surface area contributed by atoms with Crippen LogP contribution in [0.25, 0.3) is 11.8 Å². The predicted molar refractivity (Wildman–Crippen MR) is 122 cm³/mol. The molecule has 0 aliphatic heterocycles. The van der Waals surface area contributed by atoms with Gasteiger partial charge in [-0.15, -0.1) is 0 Å². The average Bonchev–Trinajstić information content (AvgIpc) is 3.15. The van der Waals surface area contributed by atoms with E-state index in [4.69, 9.17) is 11.6 Å². The first-order valence-corrected chi connectivity index (χ1v) is 11.3. The maximum absolute atomic E-state index is 13.4. The Balaban J connectivity index is 1.46. The Bertz CT molecular complexity index is 1150. The first kappa shape index (κ1) is 20.5. The fraction of sp³-hybridized carbons (Fsp3) is 0.346. The fourth-order valence-corrected chi connectivity index (χ4v) is 5.60. The van der Waals surface area contributed by atoms with Gasteiger partial charge in [0.15, 0.2) is 0 Å². The van der Waals surface area contributed by atoms with Gasteiger partial charge in [-0.05, 0) is 92.1 Å². The summed E-state index contributed by atoms with van der Waals surface area (Å²) in [6.07, 6.45) is 9.08. The average molecular weight is 437 g/mol. The molecule has 0 amide bonds. The van der Waals surface area contributed by atoms with Gasteiger partial charge in [0.05, 0.1) is 23.2 Å². The summed E-state index contributed by atoms with van der Waals surface area (Å²) in [5.41, 5.74) is 4.33. The third kappa shape index (κ3) is 3.52. The minimum absolute atomic E-state index is 0.257. The van der Waals surface area contributed by atoms with E-state index in [0.717, 1.165) is 59.6 Å². The summed E-state index contributed by atoms with van der Waals surface area (Å²) in [5.74, 6) is -0.257. The lowest BCUT2D eigenvalue weighted by molar-refractivity contribution is -0.0843. The van der Waals surface area contributed by atoms with Gasteiger partial charge in [0.25, 0.3) is 0 Å². The molecule has 2 atom stereocenters. The van der Waals surface area contributed by atoms with Crippen molar-refractivity contribution >= 4 is 17.7 Å². The van der Waals surface area contributed by atoms with E-state index in [1.807, 2.05) is 29.1 Å². The van der Waals surface area contributed by atoms with Crippen LogP contribution in [0.1, 0.15) is 49.4 Å². The molecule has 0 unspecified atom stereocenters. The van der Waals surface area contributed by atoms with E-state index in [1.54, 1.807) is 12.1 Å². The number of fused-ring (bicyclic) bond motifs is 2. The van der Waals surface area contributed by atoms with Crippen molar-refractivity contribution in [1.29, 1.82) is 0 Å². The Labute approximate surface area is 187 Å². The number of aromatic nitrogens is 2. The second-order valence-electron chi connectivity index (χ2n) is 9.14. The lowest BCUT2D eigenvalue weighted by Crippen LogP contribution is -2.52. The van der Waals surface area contributed by atoms with Crippen molar-refractivity contribution in [2.45, 2.75) is 51.0 Å². The van der Waals surface area contributed by atoms with Crippen molar-refractivity contribution in [1.82, 2.24) is 9.78 Å². The minimum Gasteiger partial charge on any atom is -0.389 e. The number of rotatable bonds is 4. The van der Waals surface area contributed by atoms with Gasteiger partial charge in [-0.3, -0.25) is 0 Å². The van der Waals surface area contributed by atoms with Gasteiger partial charge in [-0.2, -0.15) is 5.10 Å². The zero-order valence-corrected chi connectivity index (χ0v) is 18.4. The Morgan fingerprint density at radius 2 is 2.00 bits per heavy atom. The van der Waals surface area contributed by atoms with Crippen LogP contribution < -0.4 is 0 Å². The molecule has 0 bridgehead atoms. The molecular formula is C26H26ClFN2O. The molecule has 3 nitrogen and oxygen atoms in total. The molecule has 5 heteroatoms. The Morgan fingerprint density at radius 1 is 1.19 bits per heavy atom. The van der Waals surface area contributed by atoms with Crippen LogP contribution in [-0.2, 0) is 12.8 Å². The molecular weight excluding hydrogens is 411 g/mol. The van der Waals surface area contributed by atoms with E-state index >= 15 is 0 Å². The number of hydrogen-bond acceptors (Lipinski definition) is 2. The first-order valence-electron chi connectivity index (χ1n) is 10.9. The van der Waals surface area contributed by atoms with Gasteiger partial charge >= 0.3 is 0 Å². The highest BCUT2D eigenvalue weighted by molar-refractivity contribution is 6.30. The molecule has 0 spiro atoms. The molecule has 2 aliphatic carbocycles. The van der Waals surface area contributed by atoms with Gasteiger partial charge < -0.3 is 5.11 Å². The van der Waals surface area contributed by atoms with Gasteiger partial charge in [0.1, 0.15) is 5.82 Å². The van der Waals surface area contributed by atoms with Crippen LogP contribution in [0.5, 0.6) is 0 Å². The van der Waals surface area contributed by atoms with Crippen LogP contribution in [0.3, 0.4) is 0 Å². The van der Waals surface area contributed by atoms with Crippen LogP contribution in [0.15, 0.2) is 60.3 Å². The molecule has 1 fully saturated rings. The molecule has 3 aromatic rings. The largest absolute Gasteiger partial charge is 0.389 e. The molecule has 160 valence electrons. The van der Waals surface area contributed by atoms with Crippen molar-refractivity contribution in [2.24, 2.45) is 5.41 Å². The minimum atomic E-state index is -0.783. The lowest BCUT2D eigenvalue weighted by atomic mass is 9.56. The molecule has 2 aliphatic rings. The summed E-state index contributed by atoms with van der Waals surface area (Å²) >= 11 is 6.16. The van der Waals surface area contributed by atoms with Crippen molar-refractivity contribution in [3.8, 4) is 5.69 Å². The van der Waals surface area contributed by atoms with E-state index in [2.05, 4.69) is 24.2 Å². The first-order chi connectivity index (χ1) is 14.9. The van der Waals surface area contributed by atoms with Gasteiger partial charge in [-0.25, -0.2) is 9.07 Å². The second-order valence-corrected chi connectivity index (χ2v) is 9.57. The van der Waals surface area contributed by atoms with E-state index in [-0.39, 0.29) is 11.2 Å². The number of nitrogens with zero attached hydrogens (tertiary/aromatic N) is 2. The molecule has 31 heavy (non-hydrogen) atoms. The third-order valence-corrected chi connectivity index (χ3v) is 7.54. The second kappa shape index (κ2) is 7.61. The Kier molecular flexibility index (Phi) is 5.03. The summed E-state index contributed by atoms with van der Waals surface area (Å²) in [7, 11) is 0. The smallest absolute Gasteiger partial charge is 0.123 e. The van der Waals surface area contributed by atoms with Crippen molar-refractivity contribution in [3.63, 3.8) is 0 Å². The van der Waals surface area contributed by atoms with Crippen LogP contribution >= 0.6 is 11.6 Å². The predicted octanol–water partition coefficient (Wildman–Crippen LogP) is 6.16. The number of benzene rings is 2. The fourth-order valence-electron chi connectivity index (χ4n) is 5.39. The lowest BCUT2D eigenvalue weighted by Gasteiger charge is -2.52. The zero-order chi connectivity index (χ0) is 21.6. The maximum Gasteiger partial charge on any atom is 0.123 e. The zero-order valence-electron chi connectivity index (χ0n) is 17.6. The maximum atomic E-state index is 13.4. The van der Waals surface area contributed by atoms with E-state index in [0.29, 0.717) is 6.42 Å². The van der Waals surface area contributed by atoms with Gasteiger partial charge in [0.2, 0.25) is 0 Å². The molecule has 5 rings (SSSR count). The summed E-state index contributed by atoms with van der Waals surface area (Å²) in [6.45, 7) is 2.20. The molecule has 1 aromatic heterocycles. The Morgan fingerprint density at radius 3 is 2.77 bits per heavy atom. The summed E-state index contributed by atoms with van der Waals surface area (Å²) in [4.78, 5) is 0. The van der Waals surface area contributed by atoms with Crippen LogP contribution in [0.4, 0.5) is 4.39 Å². The summed E-state index contributed by atoms with van der Waals surface area (Å²) < 4.78 is 15.2. The summed E-state index contributed by atoms with van der Waals surface area (Å²) in [6, 6.07) is 14.3. The van der Waals surface area contributed by atoms with Crippen molar-refractivity contribution in [3.05, 3.63) is 88.0 Å². The van der Waals surface area contributed by atoms with E-state index in [1.165, 1.54) is 17.7 Å². The topological polar surface area (TPSA) is 38.0 Å². The highest BCUT2D eigenvalue weighted by Crippen LogP contribution is 2.54. The number of halogens is 2. The molecule has 0 saturated heterocycles. The monoisotopic (exact) mass is 436 g/mol. The molecule has 2 aromatic carbocycles. The SMILES string of the molecule is C[C@]12Cc3cnn(-c4ccc(F)cc4)c3C=C1CCC[C@@]2(O)CCc1cccc(Cl)c1. The normalized spacial score (nSPS) is 25.0. The highest BCUT2D eigenvalue weighted by Gasteiger charge is 2.52. The molecule has 1 saturated carbocycles. The van der Waals surface area contributed by atoms with Crippen LogP contribution in [0, 0.1) is 11.2 Å². The number of hydrogen-bond donors (Lipinski definition) is 1. The van der Waals surface area contributed by atoms with Crippen molar-refractivity contribution in [2.75, 3.05) is 0 Å². The van der Waals surface area contributed by atoms with Crippen LogP contribution in [-0.4, -0.2) is 20.5 Å². The quantitative estimate of drug-likeness (QED) is 0.532. The molecule has 0 radical (unpaired) electrons. The highest BCUT2D eigenvalue weighted by atomic mass is 35.5. The number of aryl methyl sites for hydroxylation is 1. The molecule has 1 heterocycles. The Hall–Kier alpha value is -2.43. The van der Waals surface area contributed by atoms with E-state index in [9.17, 15) is 9.50 Å². The molecule has 1 N–H and O–H groups in total. The summed E-state index contributed by atoms with van der Waals surface area (Å²) in [5, 5.41) is 17.2. The third-order valence-electron chi connectivity index (χ3n) is 7.30. The number of aliphatic hydroxyl groups is 1. The van der Waals surface area contributed by atoms with Crippen molar-refractivity contribution < 1.29 is 9.50 Å². The standard InChI is InChI=1S/C26H26ClFN2O/c1-25-16-19-17-29-30(23-9-7-22(28)8-10-23)24(19)15-20(25)5-3-12-26(25,31)13-11-18-4-2-6-21(27)14-18/h2,4,6-10,14-15,17,31H,3,5,11-13,16H2,1H3/t25-,26+/m0/s1.